The van der Waals surface area contributed by atoms with Gasteiger partial charge in [0.15, 0.2) is 5.69 Å². The van der Waals surface area contributed by atoms with Gasteiger partial charge in [-0.3, -0.25) is 0 Å². The number of hydrogen-bond acceptors (Lipinski definition) is 7. The fraction of sp³-hybridized carbons (Fsp3) is 0.600. The molecule has 1 fully saturated rings. The highest BCUT2D eigenvalue weighted by Crippen LogP contribution is 2.32. The topological polar surface area (TPSA) is 86.0 Å². The zero-order valence-electron chi connectivity index (χ0n) is 13.8. The monoisotopic (exact) mass is 357 g/mol. The lowest BCUT2D eigenvalue weighted by Crippen LogP contribution is -2.20. The van der Waals surface area contributed by atoms with Gasteiger partial charge in [0, 0.05) is 25.5 Å². The maximum absolute atomic E-state index is 12.9. The summed E-state index contributed by atoms with van der Waals surface area (Å²) in [5.74, 6) is 1.23. The first-order valence-corrected chi connectivity index (χ1v) is 7.89. The molecule has 7 nitrogen and oxygen atoms in total. The second kappa shape index (κ2) is 6.85. The van der Waals surface area contributed by atoms with E-state index in [1.807, 2.05) is 0 Å². The lowest BCUT2D eigenvalue weighted by molar-refractivity contribution is -0.141. The van der Waals surface area contributed by atoms with Crippen molar-refractivity contribution in [2.24, 2.45) is 5.92 Å². The Balaban J connectivity index is 1.64. The number of halogens is 3. The second-order valence-corrected chi connectivity index (χ2v) is 6.06. The summed E-state index contributed by atoms with van der Waals surface area (Å²) in [6.07, 6.45) is -1.41. The number of nitrogens with one attached hydrogen (secondary N) is 1. The smallest absolute Gasteiger partial charge is 0.433 e. The van der Waals surface area contributed by atoms with Gasteiger partial charge in [-0.15, -0.1) is 10.2 Å². The number of rotatable bonds is 5. The summed E-state index contributed by atoms with van der Waals surface area (Å²) in [7, 11) is 1.27. The van der Waals surface area contributed by atoms with Crippen molar-refractivity contribution in [3.05, 3.63) is 23.5 Å². The highest BCUT2D eigenvalue weighted by molar-refractivity contribution is 5.33. The fourth-order valence-corrected chi connectivity index (χ4v) is 2.98. The van der Waals surface area contributed by atoms with Crippen LogP contribution in [0.4, 0.5) is 19.1 Å². The van der Waals surface area contributed by atoms with E-state index >= 15 is 0 Å². The van der Waals surface area contributed by atoms with Crippen LogP contribution in [-0.4, -0.2) is 33.3 Å². The Bertz CT molecular complexity index is 734. The summed E-state index contributed by atoms with van der Waals surface area (Å²) in [5, 5.41) is 10.8. The van der Waals surface area contributed by atoms with Gasteiger partial charge < -0.3 is 14.5 Å². The number of nitrogens with zero attached hydrogens (tertiary/aromatic N) is 4. The molecular weight excluding hydrogens is 339 g/mol. The predicted molar refractivity (Wildman–Crippen MR) is 81.1 cm³/mol. The van der Waals surface area contributed by atoms with Gasteiger partial charge in [-0.2, -0.15) is 18.2 Å². The molecule has 1 saturated carbocycles. The van der Waals surface area contributed by atoms with Crippen LogP contribution in [0.3, 0.4) is 0 Å². The fourth-order valence-electron chi connectivity index (χ4n) is 2.98. The van der Waals surface area contributed by atoms with Crippen LogP contribution in [0.2, 0.25) is 0 Å². The van der Waals surface area contributed by atoms with E-state index in [1.54, 1.807) is 6.92 Å². The average molecular weight is 357 g/mol. The Labute approximate surface area is 142 Å². The van der Waals surface area contributed by atoms with Gasteiger partial charge in [0.25, 0.3) is 0 Å². The summed E-state index contributed by atoms with van der Waals surface area (Å²) in [5.41, 5.74) is -1.03. The van der Waals surface area contributed by atoms with E-state index in [9.17, 15) is 13.2 Å². The lowest BCUT2D eigenvalue weighted by Gasteiger charge is -2.15. The molecule has 0 amide bonds. The van der Waals surface area contributed by atoms with Crippen molar-refractivity contribution in [2.45, 2.75) is 44.8 Å². The van der Waals surface area contributed by atoms with Crippen molar-refractivity contribution in [2.75, 3.05) is 12.4 Å². The van der Waals surface area contributed by atoms with Crippen molar-refractivity contribution in [3.8, 4) is 5.88 Å². The Kier molecular flexibility index (Phi) is 4.78. The SMILES string of the molecule is COc1cc(C(F)(F)F)nc(N[C@H]2CC[C@@H](Cc3nnc(C)o3)C2)n1. The van der Waals surface area contributed by atoms with Crippen LogP contribution in [-0.2, 0) is 12.6 Å². The molecule has 10 heteroatoms. The molecule has 2 aromatic heterocycles. The molecule has 0 bridgehead atoms. The number of methoxy groups -OCH3 is 1. The quantitative estimate of drug-likeness (QED) is 0.880. The van der Waals surface area contributed by atoms with Crippen molar-refractivity contribution in [1.82, 2.24) is 20.2 Å². The molecule has 136 valence electrons. The van der Waals surface area contributed by atoms with Crippen molar-refractivity contribution in [1.29, 1.82) is 0 Å². The van der Waals surface area contributed by atoms with Crippen LogP contribution in [0.1, 0.15) is 36.7 Å². The molecule has 0 unspecified atom stereocenters. The maximum Gasteiger partial charge on any atom is 0.433 e. The summed E-state index contributed by atoms with van der Waals surface area (Å²) in [6.45, 7) is 1.73. The van der Waals surface area contributed by atoms with E-state index in [-0.39, 0.29) is 17.9 Å². The molecule has 0 spiro atoms. The number of aryl methyl sites for hydroxylation is 1. The van der Waals surface area contributed by atoms with Crippen LogP contribution in [0.25, 0.3) is 0 Å². The van der Waals surface area contributed by atoms with Crippen LogP contribution in [0.5, 0.6) is 5.88 Å². The van der Waals surface area contributed by atoms with E-state index in [2.05, 4.69) is 25.5 Å². The molecule has 3 rings (SSSR count). The molecule has 0 radical (unpaired) electrons. The average Bonchev–Trinajstić information content (AvgIpc) is 3.15. The number of hydrogen-bond donors (Lipinski definition) is 1. The molecule has 2 heterocycles. The first kappa shape index (κ1) is 17.4. The molecule has 0 saturated heterocycles. The van der Waals surface area contributed by atoms with Gasteiger partial charge in [0.05, 0.1) is 7.11 Å². The number of ether oxygens (including phenoxy) is 1. The van der Waals surface area contributed by atoms with E-state index in [4.69, 9.17) is 9.15 Å². The molecule has 0 aromatic carbocycles. The largest absolute Gasteiger partial charge is 0.481 e. The molecular formula is C15H18F3N5O2. The van der Waals surface area contributed by atoms with E-state index in [0.717, 1.165) is 25.3 Å². The van der Waals surface area contributed by atoms with Crippen LogP contribution < -0.4 is 10.1 Å². The van der Waals surface area contributed by atoms with E-state index in [1.165, 1.54) is 7.11 Å². The Morgan fingerprint density at radius 1 is 1.28 bits per heavy atom. The Morgan fingerprint density at radius 3 is 2.72 bits per heavy atom. The van der Waals surface area contributed by atoms with Gasteiger partial charge in [-0.1, -0.05) is 0 Å². The van der Waals surface area contributed by atoms with Crippen molar-refractivity contribution >= 4 is 5.95 Å². The van der Waals surface area contributed by atoms with Crippen molar-refractivity contribution < 1.29 is 22.3 Å². The third-order valence-corrected chi connectivity index (χ3v) is 4.11. The molecule has 2 aromatic rings. The predicted octanol–water partition coefficient (Wildman–Crippen LogP) is 3.02. The Morgan fingerprint density at radius 2 is 2.08 bits per heavy atom. The number of aromatic nitrogens is 4. The zero-order chi connectivity index (χ0) is 18.0. The van der Waals surface area contributed by atoms with Gasteiger partial charge in [0.2, 0.25) is 23.6 Å². The zero-order valence-corrected chi connectivity index (χ0v) is 13.8. The van der Waals surface area contributed by atoms with Gasteiger partial charge in [-0.25, -0.2) is 4.98 Å². The van der Waals surface area contributed by atoms with E-state index < -0.39 is 11.9 Å². The molecule has 1 N–H and O–H groups in total. The molecule has 1 aliphatic carbocycles. The maximum atomic E-state index is 12.9. The summed E-state index contributed by atoms with van der Waals surface area (Å²) < 4.78 is 48.9. The van der Waals surface area contributed by atoms with E-state index in [0.29, 0.717) is 24.1 Å². The van der Waals surface area contributed by atoms with Gasteiger partial charge in [0.1, 0.15) is 0 Å². The van der Waals surface area contributed by atoms with Gasteiger partial charge in [-0.05, 0) is 25.2 Å². The highest BCUT2D eigenvalue weighted by atomic mass is 19.4. The number of alkyl halides is 3. The van der Waals surface area contributed by atoms with Crippen LogP contribution in [0, 0.1) is 12.8 Å². The molecule has 2 atom stereocenters. The minimum Gasteiger partial charge on any atom is -0.481 e. The standard InChI is InChI=1S/C15H18F3N5O2/c1-8-22-23-13(25-8)6-9-3-4-10(5-9)19-14-20-11(15(16,17)18)7-12(21-14)24-2/h7,9-10H,3-6H2,1-2H3,(H,19,20,21)/t9-,10+/m1/s1. The lowest BCUT2D eigenvalue weighted by atomic mass is 10.0. The first-order chi connectivity index (χ1) is 11.8. The number of anilines is 1. The summed E-state index contributed by atoms with van der Waals surface area (Å²) >= 11 is 0. The minimum absolute atomic E-state index is 0.0118. The van der Waals surface area contributed by atoms with Crippen molar-refractivity contribution in [3.63, 3.8) is 0 Å². The third-order valence-electron chi connectivity index (χ3n) is 4.11. The second-order valence-electron chi connectivity index (χ2n) is 6.06. The normalized spacial score (nSPS) is 20.7. The first-order valence-electron chi connectivity index (χ1n) is 7.89. The van der Waals surface area contributed by atoms with Crippen LogP contribution in [0.15, 0.2) is 10.5 Å². The highest BCUT2D eigenvalue weighted by Gasteiger charge is 2.34. The minimum atomic E-state index is -4.55. The van der Waals surface area contributed by atoms with Gasteiger partial charge >= 0.3 is 6.18 Å². The van der Waals surface area contributed by atoms with Crippen LogP contribution >= 0.6 is 0 Å². The Hall–Kier alpha value is -2.39. The summed E-state index contributed by atoms with van der Waals surface area (Å²) in [6, 6.07) is 0.766. The third kappa shape index (κ3) is 4.37. The molecule has 25 heavy (non-hydrogen) atoms. The molecule has 1 aliphatic rings. The summed E-state index contributed by atoms with van der Waals surface area (Å²) in [4.78, 5) is 7.52. The molecule has 0 aliphatic heterocycles.